The molecule has 1 aromatic heterocycles. The van der Waals surface area contributed by atoms with E-state index in [0.717, 1.165) is 30.0 Å². The maximum atomic E-state index is 11.5. The predicted molar refractivity (Wildman–Crippen MR) is 81.8 cm³/mol. The van der Waals surface area contributed by atoms with Crippen LogP contribution in [0.4, 0.5) is 0 Å². The van der Waals surface area contributed by atoms with Gasteiger partial charge in [0.15, 0.2) is 0 Å². The van der Waals surface area contributed by atoms with Gasteiger partial charge in [0.05, 0.1) is 19.1 Å². The molecule has 1 fully saturated rings. The Morgan fingerprint density at radius 2 is 2.05 bits per heavy atom. The number of rotatable bonds is 5. The van der Waals surface area contributed by atoms with E-state index in [9.17, 15) is 8.42 Å². The highest BCUT2D eigenvalue weighted by Crippen LogP contribution is 2.16. The van der Waals surface area contributed by atoms with Crippen molar-refractivity contribution in [1.82, 2.24) is 14.6 Å². The molecule has 7 heteroatoms. The van der Waals surface area contributed by atoms with Crippen molar-refractivity contribution >= 4 is 10.0 Å². The lowest BCUT2D eigenvalue weighted by Crippen LogP contribution is -2.44. The van der Waals surface area contributed by atoms with E-state index < -0.39 is 10.0 Å². The fourth-order valence-corrected chi connectivity index (χ4v) is 3.43. The number of nitrogens with zero attached hydrogens (tertiary/aromatic N) is 2. The van der Waals surface area contributed by atoms with Gasteiger partial charge in [-0.1, -0.05) is 0 Å². The van der Waals surface area contributed by atoms with E-state index in [1.807, 2.05) is 19.1 Å². The quantitative estimate of drug-likeness (QED) is 0.875. The van der Waals surface area contributed by atoms with Gasteiger partial charge < -0.3 is 10.1 Å². The Morgan fingerprint density at radius 1 is 1.38 bits per heavy atom. The molecule has 1 aliphatic heterocycles. The molecule has 0 unspecified atom stereocenters. The minimum Gasteiger partial charge on any atom is -0.497 e. The zero-order chi connectivity index (χ0) is 15.5. The molecule has 1 aromatic rings. The van der Waals surface area contributed by atoms with Gasteiger partial charge in [-0.05, 0) is 19.8 Å². The van der Waals surface area contributed by atoms with Crippen LogP contribution in [0.15, 0.2) is 12.1 Å². The highest BCUT2D eigenvalue weighted by atomic mass is 32.2. The Balaban J connectivity index is 1.86. The standard InChI is InChI=1S/C14H23N3O3S/c1-11-8-14(20-2)9-13(16-11)10-15-12-4-6-17(7-5-12)21(3,18)19/h8-9,12,15H,4-7,10H2,1-3H3. The molecule has 6 nitrogen and oxygen atoms in total. The first-order valence-electron chi connectivity index (χ1n) is 7.08. The summed E-state index contributed by atoms with van der Waals surface area (Å²) >= 11 is 0. The fraction of sp³-hybridized carbons (Fsp3) is 0.643. The van der Waals surface area contributed by atoms with E-state index in [-0.39, 0.29) is 0 Å². The average Bonchev–Trinajstić information content (AvgIpc) is 2.44. The summed E-state index contributed by atoms with van der Waals surface area (Å²) in [6.45, 7) is 3.78. The SMILES string of the molecule is COc1cc(C)nc(CNC2CCN(S(C)(=O)=O)CC2)c1. The first-order chi connectivity index (χ1) is 9.88. The van der Waals surface area contributed by atoms with Gasteiger partial charge in [0.1, 0.15) is 5.75 Å². The molecule has 0 saturated carbocycles. The van der Waals surface area contributed by atoms with E-state index in [2.05, 4.69) is 10.3 Å². The number of aryl methyl sites for hydroxylation is 1. The van der Waals surface area contributed by atoms with Crippen LogP contribution in [0, 0.1) is 6.92 Å². The van der Waals surface area contributed by atoms with Crippen molar-refractivity contribution in [3.8, 4) is 5.75 Å². The molecule has 118 valence electrons. The number of sulfonamides is 1. The Labute approximate surface area is 126 Å². The first-order valence-corrected chi connectivity index (χ1v) is 8.93. The number of hydrogen-bond donors (Lipinski definition) is 1. The highest BCUT2D eigenvalue weighted by molar-refractivity contribution is 7.88. The summed E-state index contributed by atoms with van der Waals surface area (Å²) in [6.07, 6.45) is 2.93. The van der Waals surface area contributed by atoms with Gasteiger partial charge in [-0.25, -0.2) is 12.7 Å². The highest BCUT2D eigenvalue weighted by Gasteiger charge is 2.24. The van der Waals surface area contributed by atoms with Gasteiger partial charge in [-0.3, -0.25) is 4.98 Å². The summed E-state index contributed by atoms with van der Waals surface area (Å²) in [5.74, 6) is 0.811. The van der Waals surface area contributed by atoms with Crippen LogP contribution in [0.2, 0.25) is 0 Å². The van der Waals surface area contributed by atoms with Crippen molar-refractivity contribution in [2.45, 2.75) is 32.4 Å². The first kappa shape index (κ1) is 16.2. The third kappa shape index (κ3) is 4.66. The van der Waals surface area contributed by atoms with Crippen molar-refractivity contribution < 1.29 is 13.2 Å². The minimum atomic E-state index is -3.05. The van der Waals surface area contributed by atoms with Crippen LogP contribution in [0.1, 0.15) is 24.2 Å². The maximum Gasteiger partial charge on any atom is 0.211 e. The predicted octanol–water partition coefficient (Wildman–Crippen LogP) is 0.912. The smallest absolute Gasteiger partial charge is 0.211 e. The Kier molecular flexibility index (Phi) is 5.18. The molecule has 2 rings (SSSR count). The Hall–Kier alpha value is -1.18. The second-order valence-corrected chi connectivity index (χ2v) is 7.44. The van der Waals surface area contributed by atoms with Gasteiger partial charge in [0.25, 0.3) is 0 Å². The number of hydrogen-bond acceptors (Lipinski definition) is 5. The van der Waals surface area contributed by atoms with Gasteiger partial charge >= 0.3 is 0 Å². The van der Waals surface area contributed by atoms with Crippen LogP contribution in [0.5, 0.6) is 5.75 Å². The molecule has 0 radical (unpaired) electrons. The topological polar surface area (TPSA) is 71.5 Å². The molecule has 0 amide bonds. The molecule has 2 heterocycles. The normalized spacial score (nSPS) is 17.9. The largest absolute Gasteiger partial charge is 0.497 e. The summed E-state index contributed by atoms with van der Waals surface area (Å²) in [4.78, 5) is 4.47. The summed E-state index contributed by atoms with van der Waals surface area (Å²) in [5, 5.41) is 3.45. The third-order valence-corrected chi connectivity index (χ3v) is 5.01. The van der Waals surface area contributed by atoms with Crippen molar-refractivity contribution in [2.24, 2.45) is 0 Å². The molecule has 0 aliphatic carbocycles. The van der Waals surface area contributed by atoms with Crippen molar-refractivity contribution in [3.63, 3.8) is 0 Å². The average molecular weight is 313 g/mol. The molecule has 0 bridgehead atoms. The van der Waals surface area contributed by atoms with Crippen LogP contribution in [0.3, 0.4) is 0 Å². The van der Waals surface area contributed by atoms with Crippen LogP contribution >= 0.6 is 0 Å². The van der Waals surface area contributed by atoms with Crippen LogP contribution in [-0.4, -0.2) is 50.2 Å². The van der Waals surface area contributed by atoms with E-state index in [1.165, 1.54) is 6.26 Å². The number of pyridine rings is 1. The Morgan fingerprint density at radius 3 is 2.62 bits per heavy atom. The van der Waals surface area contributed by atoms with Gasteiger partial charge in [0, 0.05) is 43.5 Å². The zero-order valence-electron chi connectivity index (χ0n) is 12.8. The van der Waals surface area contributed by atoms with E-state index >= 15 is 0 Å². The van der Waals surface area contributed by atoms with Gasteiger partial charge in [-0.2, -0.15) is 0 Å². The van der Waals surface area contributed by atoms with E-state index in [1.54, 1.807) is 11.4 Å². The molecule has 1 saturated heterocycles. The monoisotopic (exact) mass is 313 g/mol. The molecule has 21 heavy (non-hydrogen) atoms. The van der Waals surface area contributed by atoms with Gasteiger partial charge in [-0.15, -0.1) is 0 Å². The second kappa shape index (κ2) is 6.72. The lowest BCUT2D eigenvalue weighted by atomic mass is 10.1. The van der Waals surface area contributed by atoms with E-state index in [0.29, 0.717) is 25.7 Å². The lowest BCUT2D eigenvalue weighted by Gasteiger charge is -2.30. The lowest BCUT2D eigenvalue weighted by molar-refractivity contribution is 0.289. The fourth-order valence-electron chi connectivity index (χ4n) is 2.55. The summed E-state index contributed by atoms with van der Waals surface area (Å²) in [7, 11) is -1.41. The number of aromatic nitrogens is 1. The zero-order valence-corrected chi connectivity index (χ0v) is 13.6. The number of nitrogens with one attached hydrogen (secondary N) is 1. The number of methoxy groups -OCH3 is 1. The van der Waals surface area contributed by atoms with Gasteiger partial charge in [0.2, 0.25) is 10.0 Å². The van der Waals surface area contributed by atoms with Crippen LogP contribution < -0.4 is 10.1 Å². The molecule has 0 spiro atoms. The molecule has 0 atom stereocenters. The molecular weight excluding hydrogens is 290 g/mol. The number of ether oxygens (including phenoxy) is 1. The van der Waals surface area contributed by atoms with E-state index in [4.69, 9.17) is 4.74 Å². The van der Waals surface area contributed by atoms with Crippen LogP contribution in [0.25, 0.3) is 0 Å². The molecule has 1 aliphatic rings. The van der Waals surface area contributed by atoms with Crippen LogP contribution in [-0.2, 0) is 16.6 Å². The maximum absolute atomic E-state index is 11.5. The Bertz CT molecular complexity index is 581. The van der Waals surface area contributed by atoms with Crippen molar-refractivity contribution in [1.29, 1.82) is 0 Å². The third-order valence-electron chi connectivity index (χ3n) is 3.71. The summed E-state index contributed by atoms with van der Waals surface area (Å²) in [6, 6.07) is 4.15. The molecule has 1 N–H and O–H groups in total. The summed E-state index contributed by atoms with van der Waals surface area (Å²) < 4.78 is 29.7. The van der Waals surface area contributed by atoms with Crippen molar-refractivity contribution in [3.05, 3.63) is 23.5 Å². The minimum absolute atomic E-state index is 0.330. The number of piperidine rings is 1. The second-order valence-electron chi connectivity index (χ2n) is 5.46. The summed E-state index contributed by atoms with van der Waals surface area (Å²) in [5.41, 5.74) is 1.87. The molecular formula is C14H23N3O3S. The molecule has 0 aromatic carbocycles. The van der Waals surface area contributed by atoms with Crippen molar-refractivity contribution in [2.75, 3.05) is 26.5 Å².